The first kappa shape index (κ1) is 31.9. The first-order chi connectivity index (χ1) is 18.8. The smallest absolute Gasteiger partial charge is 0.264 e. The van der Waals surface area contributed by atoms with Gasteiger partial charge in [0.1, 0.15) is 12.6 Å². The molecule has 0 heterocycles. The number of carbonyl (C=O) groups is 2. The molecule has 0 saturated heterocycles. The molecular formula is C29H32BrCl2N3O4S. The molecule has 0 aliphatic carbocycles. The summed E-state index contributed by atoms with van der Waals surface area (Å²) in [5.74, 6) is -0.895. The van der Waals surface area contributed by atoms with Crippen molar-refractivity contribution in [3.8, 4) is 0 Å². The molecule has 2 atom stereocenters. The van der Waals surface area contributed by atoms with E-state index < -0.39 is 28.5 Å². The summed E-state index contributed by atoms with van der Waals surface area (Å²) < 4.78 is 29.6. The molecule has 0 saturated carbocycles. The Labute approximate surface area is 254 Å². The Kier molecular flexibility index (Phi) is 11.1. The predicted molar refractivity (Wildman–Crippen MR) is 164 cm³/mol. The van der Waals surface area contributed by atoms with E-state index in [4.69, 9.17) is 23.2 Å². The standard InChI is InChI=1S/C29H32BrCl2N3O4S/c1-5-20(3)33-29(37)21(4)34(17-22-7-6-8-23(30)15-22)28(36)18-35(24-11-14-26(31)27(32)16-24)40(38,39)25-12-9-19(2)10-13-25/h6-16,20-21H,5,17-18H2,1-4H3,(H,33,37)/t20-,21+/m1/s1. The highest BCUT2D eigenvalue weighted by molar-refractivity contribution is 9.10. The molecule has 0 unspecified atom stereocenters. The maximum Gasteiger partial charge on any atom is 0.264 e. The molecule has 7 nitrogen and oxygen atoms in total. The zero-order valence-corrected chi connectivity index (χ0v) is 26.6. The van der Waals surface area contributed by atoms with E-state index in [0.29, 0.717) is 0 Å². The largest absolute Gasteiger partial charge is 0.352 e. The molecule has 0 bridgehead atoms. The van der Waals surface area contributed by atoms with Crippen LogP contribution in [0, 0.1) is 6.92 Å². The minimum absolute atomic E-state index is 0.0121. The highest BCUT2D eigenvalue weighted by Gasteiger charge is 2.33. The van der Waals surface area contributed by atoms with Gasteiger partial charge in [0.05, 0.1) is 20.6 Å². The van der Waals surface area contributed by atoms with Crippen molar-refractivity contribution < 1.29 is 18.0 Å². The van der Waals surface area contributed by atoms with Gasteiger partial charge < -0.3 is 10.2 Å². The van der Waals surface area contributed by atoms with Crippen molar-refractivity contribution in [1.82, 2.24) is 10.2 Å². The molecule has 3 aromatic rings. The van der Waals surface area contributed by atoms with Gasteiger partial charge in [0.2, 0.25) is 11.8 Å². The van der Waals surface area contributed by atoms with E-state index in [9.17, 15) is 18.0 Å². The lowest BCUT2D eigenvalue weighted by Crippen LogP contribution is -2.52. The van der Waals surface area contributed by atoms with E-state index >= 15 is 0 Å². The van der Waals surface area contributed by atoms with E-state index in [1.165, 1.54) is 35.2 Å². The van der Waals surface area contributed by atoms with Gasteiger partial charge in [-0.05, 0) is 75.2 Å². The highest BCUT2D eigenvalue weighted by Crippen LogP contribution is 2.31. The summed E-state index contributed by atoms with van der Waals surface area (Å²) in [4.78, 5) is 28.5. The fourth-order valence-corrected chi connectivity index (χ4v) is 6.03. The van der Waals surface area contributed by atoms with Crippen LogP contribution < -0.4 is 9.62 Å². The number of amides is 2. The average Bonchev–Trinajstić information content (AvgIpc) is 2.91. The lowest BCUT2D eigenvalue weighted by atomic mass is 10.1. The van der Waals surface area contributed by atoms with Crippen molar-refractivity contribution in [3.63, 3.8) is 0 Å². The van der Waals surface area contributed by atoms with Gasteiger partial charge in [-0.1, -0.05) is 75.9 Å². The zero-order chi connectivity index (χ0) is 29.6. The second kappa shape index (κ2) is 13.9. The molecule has 0 spiro atoms. The number of hydrogen-bond donors (Lipinski definition) is 1. The molecule has 0 aliphatic rings. The van der Waals surface area contributed by atoms with Crippen LogP contribution in [0.5, 0.6) is 0 Å². The van der Waals surface area contributed by atoms with Crippen LogP contribution in [0.15, 0.2) is 76.1 Å². The van der Waals surface area contributed by atoms with Gasteiger partial charge in [0, 0.05) is 17.1 Å². The van der Waals surface area contributed by atoms with Crippen LogP contribution >= 0.6 is 39.1 Å². The van der Waals surface area contributed by atoms with E-state index in [1.807, 2.05) is 45.0 Å². The molecule has 11 heteroatoms. The molecular weight excluding hydrogens is 637 g/mol. The third-order valence-electron chi connectivity index (χ3n) is 6.49. The lowest BCUT2D eigenvalue weighted by molar-refractivity contribution is -0.139. The third kappa shape index (κ3) is 8.00. The number of carbonyl (C=O) groups excluding carboxylic acids is 2. The Bertz CT molecular complexity index is 1470. The fourth-order valence-electron chi connectivity index (χ4n) is 3.89. The van der Waals surface area contributed by atoms with E-state index in [1.54, 1.807) is 19.1 Å². The number of benzene rings is 3. The summed E-state index contributed by atoms with van der Waals surface area (Å²) in [6.07, 6.45) is 0.720. The molecule has 0 fully saturated rings. The molecule has 2 amide bonds. The van der Waals surface area contributed by atoms with Crippen LogP contribution in [0.2, 0.25) is 10.0 Å². The Balaban J connectivity index is 2.05. The summed E-state index contributed by atoms with van der Waals surface area (Å²) in [6.45, 7) is 6.83. The first-order valence-electron chi connectivity index (χ1n) is 12.7. The van der Waals surface area contributed by atoms with Gasteiger partial charge in [0.25, 0.3) is 10.0 Å². The Morgan fingerprint density at radius 3 is 2.25 bits per heavy atom. The summed E-state index contributed by atoms with van der Waals surface area (Å²) in [7, 11) is -4.20. The number of sulfonamides is 1. The summed E-state index contributed by atoms with van der Waals surface area (Å²) >= 11 is 15.8. The van der Waals surface area contributed by atoms with Crippen LogP contribution in [0.25, 0.3) is 0 Å². The minimum Gasteiger partial charge on any atom is -0.352 e. The van der Waals surface area contributed by atoms with Crippen LogP contribution in [-0.4, -0.2) is 43.8 Å². The summed E-state index contributed by atoms with van der Waals surface area (Å²) in [6, 6.07) is 17.1. The maximum absolute atomic E-state index is 14.0. The number of hydrogen-bond acceptors (Lipinski definition) is 4. The number of halogens is 3. The van der Waals surface area contributed by atoms with Crippen molar-refractivity contribution in [3.05, 3.63) is 92.4 Å². The summed E-state index contributed by atoms with van der Waals surface area (Å²) in [5, 5.41) is 3.30. The Morgan fingerprint density at radius 2 is 1.65 bits per heavy atom. The van der Waals surface area contributed by atoms with Gasteiger partial charge in [-0.2, -0.15) is 0 Å². The number of rotatable bonds is 11. The number of nitrogens with one attached hydrogen (secondary N) is 1. The average molecular weight is 669 g/mol. The third-order valence-corrected chi connectivity index (χ3v) is 9.51. The molecule has 0 aliphatic heterocycles. The van der Waals surface area contributed by atoms with Crippen molar-refractivity contribution >= 4 is 66.7 Å². The Morgan fingerprint density at radius 1 is 0.975 bits per heavy atom. The number of nitrogens with zero attached hydrogens (tertiary/aromatic N) is 2. The highest BCUT2D eigenvalue weighted by atomic mass is 79.9. The Hall–Kier alpha value is -2.59. The molecule has 40 heavy (non-hydrogen) atoms. The number of anilines is 1. The molecule has 214 valence electrons. The normalized spacial score (nSPS) is 12.9. The molecule has 3 rings (SSSR count). The van der Waals surface area contributed by atoms with Crippen LogP contribution in [0.4, 0.5) is 5.69 Å². The van der Waals surface area contributed by atoms with Crippen LogP contribution in [0.1, 0.15) is 38.3 Å². The van der Waals surface area contributed by atoms with E-state index in [2.05, 4.69) is 21.2 Å². The quantitative estimate of drug-likeness (QED) is 0.250. The van der Waals surface area contributed by atoms with Gasteiger partial charge >= 0.3 is 0 Å². The van der Waals surface area contributed by atoms with E-state index in [0.717, 1.165) is 26.3 Å². The lowest BCUT2D eigenvalue weighted by Gasteiger charge is -2.32. The van der Waals surface area contributed by atoms with Crippen molar-refractivity contribution in [1.29, 1.82) is 0 Å². The molecule has 0 radical (unpaired) electrons. The van der Waals surface area contributed by atoms with Crippen LogP contribution in [0.3, 0.4) is 0 Å². The predicted octanol–water partition coefficient (Wildman–Crippen LogP) is 6.59. The molecule has 3 aromatic carbocycles. The van der Waals surface area contributed by atoms with Crippen LogP contribution in [-0.2, 0) is 26.2 Å². The van der Waals surface area contributed by atoms with Gasteiger partial charge in [-0.15, -0.1) is 0 Å². The maximum atomic E-state index is 14.0. The molecule has 1 N–H and O–H groups in total. The zero-order valence-electron chi connectivity index (χ0n) is 22.7. The first-order valence-corrected chi connectivity index (χ1v) is 15.7. The van der Waals surface area contributed by atoms with Gasteiger partial charge in [-0.3, -0.25) is 13.9 Å². The fraction of sp³-hybridized carbons (Fsp3) is 0.310. The summed E-state index contributed by atoms with van der Waals surface area (Å²) in [5.41, 5.74) is 1.83. The van der Waals surface area contributed by atoms with Crippen molar-refractivity contribution in [2.75, 3.05) is 10.8 Å². The molecule has 0 aromatic heterocycles. The van der Waals surface area contributed by atoms with Crippen molar-refractivity contribution in [2.45, 2.75) is 57.6 Å². The van der Waals surface area contributed by atoms with E-state index in [-0.39, 0.29) is 39.1 Å². The minimum atomic E-state index is -4.20. The second-order valence-electron chi connectivity index (χ2n) is 9.57. The second-order valence-corrected chi connectivity index (χ2v) is 13.2. The SMILES string of the molecule is CC[C@@H](C)NC(=O)[C@H](C)N(Cc1cccc(Br)c1)C(=O)CN(c1ccc(Cl)c(Cl)c1)S(=O)(=O)c1ccc(C)cc1. The van der Waals surface area contributed by atoms with Gasteiger partial charge in [0.15, 0.2) is 0 Å². The number of aryl methyl sites for hydroxylation is 1. The van der Waals surface area contributed by atoms with Crippen molar-refractivity contribution in [2.24, 2.45) is 0 Å². The topological polar surface area (TPSA) is 86.8 Å². The van der Waals surface area contributed by atoms with Gasteiger partial charge in [-0.25, -0.2) is 8.42 Å². The monoisotopic (exact) mass is 667 g/mol.